The lowest BCUT2D eigenvalue weighted by atomic mass is 9.99. The number of benzene rings is 2. The fourth-order valence-corrected chi connectivity index (χ4v) is 4.28. The van der Waals surface area contributed by atoms with E-state index in [1.54, 1.807) is 20.3 Å². The van der Waals surface area contributed by atoms with E-state index < -0.39 is 0 Å². The van der Waals surface area contributed by atoms with Gasteiger partial charge in [-0.3, -0.25) is 4.79 Å². The molecule has 148 valence electrons. The normalized spacial score (nSPS) is 11.2. The minimum atomic E-state index is -0.149. The second-order valence-electron chi connectivity index (χ2n) is 7.09. The Morgan fingerprint density at radius 1 is 0.966 bits per heavy atom. The first-order valence-corrected chi connectivity index (χ1v) is 10.2. The summed E-state index contributed by atoms with van der Waals surface area (Å²) < 4.78 is 10.6. The van der Waals surface area contributed by atoms with Crippen LogP contribution in [0.1, 0.15) is 25.3 Å². The molecule has 0 aliphatic carbocycles. The van der Waals surface area contributed by atoms with Crippen molar-refractivity contribution >= 4 is 21.6 Å². The number of ether oxygens (including phenoxy) is 2. The summed E-state index contributed by atoms with van der Waals surface area (Å²) in [5.74, 6) is 2.19. The fraction of sp³-hybridized carbons (Fsp3) is 0.217. The maximum absolute atomic E-state index is 12.9. The molecule has 29 heavy (non-hydrogen) atoms. The number of thiophene rings is 1. The molecule has 0 bridgehead atoms. The van der Waals surface area contributed by atoms with Crippen molar-refractivity contribution in [1.29, 1.82) is 0 Å². The third-order valence-electron chi connectivity index (χ3n) is 4.99. The van der Waals surface area contributed by atoms with Crippen LogP contribution >= 0.6 is 11.3 Å². The molecule has 2 aromatic carbocycles. The zero-order valence-corrected chi connectivity index (χ0v) is 17.6. The molecule has 2 heterocycles. The van der Waals surface area contributed by atoms with Crippen LogP contribution < -0.4 is 15.0 Å². The lowest BCUT2D eigenvalue weighted by molar-refractivity contribution is 0.355. The molecule has 0 saturated carbocycles. The van der Waals surface area contributed by atoms with E-state index in [9.17, 15) is 4.79 Å². The summed E-state index contributed by atoms with van der Waals surface area (Å²) >= 11 is 1.47. The Bertz CT molecular complexity index is 1220. The van der Waals surface area contributed by atoms with Gasteiger partial charge in [-0.25, -0.2) is 4.98 Å². The first-order chi connectivity index (χ1) is 14.0. The van der Waals surface area contributed by atoms with Crippen LogP contribution in [0.25, 0.3) is 32.7 Å². The van der Waals surface area contributed by atoms with Crippen molar-refractivity contribution in [2.75, 3.05) is 14.2 Å². The first kappa shape index (κ1) is 19.2. The van der Waals surface area contributed by atoms with Crippen LogP contribution in [0.5, 0.6) is 11.5 Å². The highest BCUT2D eigenvalue weighted by molar-refractivity contribution is 7.17. The first-order valence-electron chi connectivity index (χ1n) is 9.36. The van der Waals surface area contributed by atoms with E-state index in [2.05, 4.69) is 43.1 Å². The summed E-state index contributed by atoms with van der Waals surface area (Å²) in [5, 5.41) is 2.62. The molecule has 1 N–H and O–H groups in total. The van der Waals surface area contributed by atoms with Gasteiger partial charge in [0.2, 0.25) is 0 Å². The molecular weight excluding hydrogens is 384 g/mol. The van der Waals surface area contributed by atoms with Crippen LogP contribution in [0, 0.1) is 0 Å². The monoisotopic (exact) mass is 406 g/mol. The van der Waals surface area contributed by atoms with Crippen LogP contribution in [-0.2, 0) is 0 Å². The topological polar surface area (TPSA) is 64.2 Å². The molecule has 0 aliphatic rings. The molecule has 0 atom stereocenters. The van der Waals surface area contributed by atoms with Gasteiger partial charge in [0.15, 0.2) is 11.5 Å². The van der Waals surface area contributed by atoms with E-state index in [1.165, 1.54) is 16.9 Å². The largest absolute Gasteiger partial charge is 0.493 e. The summed E-state index contributed by atoms with van der Waals surface area (Å²) in [5.41, 5.74) is 3.82. The van der Waals surface area contributed by atoms with Crippen molar-refractivity contribution in [2.24, 2.45) is 0 Å². The van der Waals surface area contributed by atoms with Gasteiger partial charge in [-0.05, 0) is 35.2 Å². The Labute approximate surface area is 173 Å². The minimum absolute atomic E-state index is 0.149. The van der Waals surface area contributed by atoms with Gasteiger partial charge in [0.1, 0.15) is 10.7 Å². The summed E-state index contributed by atoms with van der Waals surface area (Å²) in [6, 6.07) is 13.8. The zero-order chi connectivity index (χ0) is 20.5. The second kappa shape index (κ2) is 7.72. The molecule has 0 spiro atoms. The summed E-state index contributed by atoms with van der Waals surface area (Å²) in [6.07, 6.45) is 0. The van der Waals surface area contributed by atoms with E-state index in [0.29, 0.717) is 33.5 Å². The average molecular weight is 407 g/mol. The maximum atomic E-state index is 12.9. The number of rotatable bonds is 5. The summed E-state index contributed by atoms with van der Waals surface area (Å²) in [7, 11) is 3.17. The fourth-order valence-electron chi connectivity index (χ4n) is 3.33. The number of aromatic amines is 1. The molecule has 0 radical (unpaired) electrons. The third kappa shape index (κ3) is 3.51. The number of aromatic nitrogens is 2. The number of nitrogens with one attached hydrogen (secondary N) is 1. The highest BCUT2D eigenvalue weighted by Crippen LogP contribution is 2.34. The van der Waals surface area contributed by atoms with Gasteiger partial charge in [-0.1, -0.05) is 38.1 Å². The average Bonchev–Trinajstić information content (AvgIpc) is 3.18. The van der Waals surface area contributed by atoms with Gasteiger partial charge in [-0.15, -0.1) is 11.3 Å². The molecule has 4 aromatic rings. The highest BCUT2D eigenvalue weighted by Gasteiger charge is 2.15. The predicted molar refractivity (Wildman–Crippen MR) is 118 cm³/mol. The zero-order valence-electron chi connectivity index (χ0n) is 16.8. The molecule has 0 fully saturated rings. The molecule has 5 nitrogen and oxygen atoms in total. The minimum Gasteiger partial charge on any atom is -0.493 e. The molecule has 0 unspecified atom stereocenters. The van der Waals surface area contributed by atoms with Crippen molar-refractivity contribution in [3.63, 3.8) is 0 Å². The van der Waals surface area contributed by atoms with Gasteiger partial charge >= 0.3 is 0 Å². The van der Waals surface area contributed by atoms with E-state index >= 15 is 0 Å². The highest BCUT2D eigenvalue weighted by atomic mass is 32.1. The smallest absolute Gasteiger partial charge is 0.260 e. The Hall–Kier alpha value is -3.12. The molecule has 2 aromatic heterocycles. The Morgan fingerprint density at radius 3 is 2.31 bits per heavy atom. The Balaban J connectivity index is 1.79. The van der Waals surface area contributed by atoms with Crippen LogP contribution in [0.4, 0.5) is 0 Å². The maximum Gasteiger partial charge on any atom is 0.260 e. The number of methoxy groups -OCH3 is 2. The van der Waals surface area contributed by atoms with Crippen molar-refractivity contribution in [3.05, 3.63) is 63.8 Å². The second-order valence-corrected chi connectivity index (χ2v) is 7.95. The number of hydrogen-bond acceptors (Lipinski definition) is 5. The lowest BCUT2D eigenvalue weighted by Gasteiger charge is -2.09. The molecule has 6 heteroatoms. The van der Waals surface area contributed by atoms with Gasteiger partial charge in [-0.2, -0.15) is 0 Å². The molecule has 0 aliphatic heterocycles. The van der Waals surface area contributed by atoms with E-state index in [1.807, 2.05) is 17.5 Å². The summed E-state index contributed by atoms with van der Waals surface area (Å²) in [4.78, 5) is 21.3. The van der Waals surface area contributed by atoms with Crippen molar-refractivity contribution in [2.45, 2.75) is 19.8 Å². The van der Waals surface area contributed by atoms with Crippen LogP contribution in [-0.4, -0.2) is 24.2 Å². The van der Waals surface area contributed by atoms with Crippen LogP contribution in [0.15, 0.2) is 52.6 Å². The molecular formula is C23H22N2O3S. The predicted octanol–water partition coefficient (Wildman–Crippen LogP) is 5.46. The quantitative estimate of drug-likeness (QED) is 0.478. The molecule has 0 amide bonds. The van der Waals surface area contributed by atoms with E-state index in [4.69, 9.17) is 14.5 Å². The van der Waals surface area contributed by atoms with E-state index in [0.717, 1.165) is 16.7 Å². The number of H-pyrrole nitrogens is 1. The van der Waals surface area contributed by atoms with Crippen molar-refractivity contribution < 1.29 is 9.47 Å². The Kier molecular flexibility index (Phi) is 5.11. The summed E-state index contributed by atoms with van der Waals surface area (Å²) in [6.45, 7) is 4.33. The van der Waals surface area contributed by atoms with Gasteiger partial charge < -0.3 is 14.5 Å². The van der Waals surface area contributed by atoms with E-state index in [-0.39, 0.29) is 5.56 Å². The number of nitrogens with zero attached hydrogens (tertiary/aromatic N) is 1. The molecule has 0 saturated heterocycles. The van der Waals surface area contributed by atoms with Gasteiger partial charge in [0, 0.05) is 16.5 Å². The third-order valence-corrected chi connectivity index (χ3v) is 5.86. The number of fused-ring (bicyclic) bond motifs is 1. The standard InChI is InChI=1S/C23H22N2O3S/c1-13(2)14-5-7-15(8-6-14)17-12-29-23-20(17)22(26)24-21(25-23)16-9-10-18(27-3)19(11-16)28-4/h5-13H,1-4H3,(H,24,25,26). The van der Waals surface area contributed by atoms with Gasteiger partial charge in [0.25, 0.3) is 5.56 Å². The molecule has 4 rings (SSSR count). The Morgan fingerprint density at radius 2 is 1.66 bits per heavy atom. The number of hydrogen-bond donors (Lipinski definition) is 1. The van der Waals surface area contributed by atoms with Gasteiger partial charge in [0.05, 0.1) is 19.6 Å². The van der Waals surface area contributed by atoms with Crippen LogP contribution in [0.2, 0.25) is 0 Å². The lowest BCUT2D eigenvalue weighted by Crippen LogP contribution is -2.09. The van der Waals surface area contributed by atoms with Crippen molar-refractivity contribution in [3.8, 4) is 34.0 Å². The SMILES string of the molecule is COc1ccc(-c2nc3scc(-c4ccc(C(C)C)cc4)c3c(=O)[nH]2)cc1OC. The van der Waals surface area contributed by atoms with Crippen LogP contribution in [0.3, 0.4) is 0 Å². The van der Waals surface area contributed by atoms with Crippen molar-refractivity contribution in [1.82, 2.24) is 9.97 Å².